The number of sulfonamides is 1. The number of nitrogens with zero attached hydrogens (tertiary/aromatic N) is 2. The Hall–Kier alpha value is -2.10. The fourth-order valence-corrected chi connectivity index (χ4v) is 5.38. The minimum absolute atomic E-state index is 0.0977. The first-order valence-corrected chi connectivity index (χ1v) is 11.9. The van der Waals surface area contributed by atoms with E-state index in [-0.39, 0.29) is 11.7 Å². The van der Waals surface area contributed by atoms with Crippen molar-refractivity contribution in [3.8, 4) is 0 Å². The molecule has 3 rings (SSSR count). The fraction of sp³-hybridized carbons (Fsp3) is 0.350. The van der Waals surface area contributed by atoms with E-state index < -0.39 is 15.8 Å². The Balaban J connectivity index is 2.06. The van der Waals surface area contributed by atoms with Crippen molar-refractivity contribution in [1.29, 1.82) is 0 Å². The molecule has 0 saturated carbocycles. The second-order valence-electron chi connectivity index (χ2n) is 7.41. The highest BCUT2D eigenvalue weighted by Crippen LogP contribution is 2.41. The van der Waals surface area contributed by atoms with Gasteiger partial charge in [-0.25, -0.2) is 12.8 Å². The molecule has 156 valence electrons. The zero-order valence-electron chi connectivity index (χ0n) is 16.8. The topological polar surface area (TPSA) is 74.3 Å². The van der Waals surface area contributed by atoms with Gasteiger partial charge in [-0.15, -0.1) is 0 Å². The second-order valence-corrected chi connectivity index (χ2v) is 10.2. The van der Waals surface area contributed by atoms with Crippen molar-refractivity contribution < 1.29 is 12.8 Å². The molecule has 2 heterocycles. The van der Waals surface area contributed by atoms with Crippen LogP contribution in [0.1, 0.15) is 26.5 Å². The second kappa shape index (κ2) is 8.33. The van der Waals surface area contributed by atoms with Crippen molar-refractivity contribution in [2.24, 2.45) is 5.92 Å². The van der Waals surface area contributed by atoms with E-state index in [0.717, 1.165) is 27.6 Å². The third-order valence-corrected chi connectivity index (χ3v) is 6.30. The predicted octanol–water partition coefficient (Wildman–Crippen LogP) is 3.47. The molecule has 0 fully saturated rings. The van der Waals surface area contributed by atoms with Gasteiger partial charge >= 0.3 is 0 Å². The van der Waals surface area contributed by atoms with E-state index in [1.165, 1.54) is 23.9 Å². The van der Waals surface area contributed by atoms with Crippen LogP contribution in [0.5, 0.6) is 0 Å². The molecule has 1 aromatic carbocycles. The first kappa shape index (κ1) is 21.6. The van der Waals surface area contributed by atoms with Gasteiger partial charge in [0.1, 0.15) is 5.82 Å². The largest absolute Gasteiger partial charge is 0.351 e. The van der Waals surface area contributed by atoms with Gasteiger partial charge in [0.05, 0.1) is 23.5 Å². The summed E-state index contributed by atoms with van der Waals surface area (Å²) in [5, 5.41) is 4.18. The van der Waals surface area contributed by atoms with Crippen molar-refractivity contribution in [2.75, 3.05) is 6.26 Å². The van der Waals surface area contributed by atoms with Crippen molar-refractivity contribution in [1.82, 2.24) is 19.9 Å². The summed E-state index contributed by atoms with van der Waals surface area (Å²) in [7, 11) is -3.51. The summed E-state index contributed by atoms with van der Waals surface area (Å²) in [4.78, 5) is 7.05. The molecule has 0 amide bonds. The molecule has 0 radical (unpaired) electrons. The molecule has 0 aliphatic carbocycles. The SMILES string of the molecule is CC(C)C1=C(Sc2cccc(F)c2)N(Cc2ccccn2)C(C)(NS(C)(=O)=O)N1. The molecule has 0 bridgehead atoms. The number of benzene rings is 1. The van der Waals surface area contributed by atoms with Crippen molar-refractivity contribution in [3.63, 3.8) is 0 Å². The molecule has 1 unspecified atom stereocenters. The lowest BCUT2D eigenvalue weighted by atomic mass is 10.1. The Morgan fingerprint density at radius 3 is 2.62 bits per heavy atom. The first-order chi connectivity index (χ1) is 13.6. The highest BCUT2D eigenvalue weighted by Gasteiger charge is 2.44. The molecule has 1 aromatic heterocycles. The van der Waals surface area contributed by atoms with Crippen LogP contribution in [0.4, 0.5) is 4.39 Å². The average molecular weight is 437 g/mol. The number of hydrogen-bond donors (Lipinski definition) is 2. The highest BCUT2D eigenvalue weighted by molar-refractivity contribution is 8.03. The van der Waals surface area contributed by atoms with Gasteiger partial charge in [0.15, 0.2) is 5.79 Å². The minimum Gasteiger partial charge on any atom is -0.351 e. The number of halogens is 1. The molecule has 2 N–H and O–H groups in total. The maximum Gasteiger partial charge on any atom is 0.212 e. The summed E-state index contributed by atoms with van der Waals surface area (Å²) in [5.74, 6) is -1.30. The molecule has 1 aliphatic heterocycles. The standard InChI is InChI=1S/C20H25FN4O2S2/c1-14(2)18-19(28-17-10-7-8-15(21)12-17)25(13-16-9-5-6-11-22-16)20(3,23-18)24-29(4,26)27/h5-12,14,23-24H,13H2,1-4H3. The third-order valence-electron chi connectivity index (χ3n) is 4.41. The van der Waals surface area contributed by atoms with E-state index in [1.54, 1.807) is 19.2 Å². The lowest BCUT2D eigenvalue weighted by Gasteiger charge is -2.38. The van der Waals surface area contributed by atoms with Gasteiger partial charge in [0, 0.05) is 16.8 Å². The monoisotopic (exact) mass is 436 g/mol. The Morgan fingerprint density at radius 1 is 1.28 bits per heavy atom. The summed E-state index contributed by atoms with van der Waals surface area (Å²) in [6.07, 6.45) is 2.83. The van der Waals surface area contributed by atoms with E-state index in [2.05, 4.69) is 15.0 Å². The lowest BCUT2D eigenvalue weighted by Crippen LogP contribution is -2.62. The maximum absolute atomic E-state index is 13.8. The fourth-order valence-electron chi connectivity index (χ4n) is 3.20. The average Bonchev–Trinajstić information content (AvgIpc) is 2.87. The zero-order valence-corrected chi connectivity index (χ0v) is 18.4. The molecular weight excluding hydrogens is 411 g/mol. The van der Waals surface area contributed by atoms with Crippen molar-refractivity contribution in [2.45, 2.75) is 38.0 Å². The Morgan fingerprint density at radius 2 is 2.03 bits per heavy atom. The summed E-state index contributed by atoms with van der Waals surface area (Å²) in [6, 6.07) is 12.0. The molecule has 1 atom stereocenters. The quantitative estimate of drug-likeness (QED) is 0.692. The van der Waals surface area contributed by atoms with E-state index in [9.17, 15) is 12.8 Å². The summed E-state index contributed by atoms with van der Waals surface area (Å²) in [6.45, 7) is 6.21. The number of aromatic nitrogens is 1. The number of rotatable bonds is 7. The maximum atomic E-state index is 13.8. The van der Waals surface area contributed by atoms with Crippen LogP contribution < -0.4 is 10.0 Å². The smallest absolute Gasteiger partial charge is 0.212 e. The number of nitrogens with one attached hydrogen (secondary N) is 2. The van der Waals surface area contributed by atoms with Crippen molar-refractivity contribution >= 4 is 21.8 Å². The van der Waals surface area contributed by atoms with Gasteiger partial charge in [0.25, 0.3) is 0 Å². The molecule has 2 aromatic rings. The molecule has 0 saturated heterocycles. The van der Waals surface area contributed by atoms with Gasteiger partial charge in [-0.2, -0.15) is 4.72 Å². The van der Waals surface area contributed by atoms with Gasteiger partial charge in [-0.05, 0) is 43.2 Å². The molecule has 29 heavy (non-hydrogen) atoms. The Kier molecular flexibility index (Phi) is 6.21. The number of thioether (sulfide) groups is 1. The van der Waals surface area contributed by atoms with Crippen LogP contribution in [0.25, 0.3) is 0 Å². The van der Waals surface area contributed by atoms with Gasteiger partial charge < -0.3 is 10.2 Å². The number of pyridine rings is 1. The molecule has 9 heteroatoms. The van der Waals surface area contributed by atoms with Gasteiger partial charge in [0.2, 0.25) is 10.0 Å². The van der Waals surface area contributed by atoms with Crippen LogP contribution in [0.2, 0.25) is 0 Å². The lowest BCUT2D eigenvalue weighted by molar-refractivity contribution is 0.134. The van der Waals surface area contributed by atoms with Crippen LogP contribution >= 0.6 is 11.8 Å². The zero-order chi connectivity index (χ0) is 21.2. The van der Waals surface area contributed by atoms with E-state index >= 15 is 0 Å². The predicted molar refractivity (Wildman–Crippen MR) is 113 cm³/mol. The van der Waals surface area contributed by atoms with E-state index in [0.29, 0.717) is 6.54 Å². The van der Waals surface area contributed by atoms with Crippen LogP contribution in [0, 0.1) is 11.7 Å². The summed E-state index contributed by atoms with van der Waals surface area (Å²) >= 11 is 1.40. The van der Waals surface area contributed by atoms with Crippen molar-refractivity contribution in [3.05, 3.63) is 70.9 Å². The molecule has 0 spiro atoms. The summed E-state index contributed by atoms with van der Waals surface area (Å²) < 4.78 is 40.7. The minimum atomic E-state index is -3.51. The third kappa shape index (κ3) is 5.29. The highest BCUT2D eigenvalue weighted by atomic mass is 32.2. The normalized spacial score (nSPS) is 19.7. The van der Waals surface area contributed by atoms with Crippen LogP contribution in [0.3, 0.4) is 0 Å². The van der Waals surface area contributed by atoms with Crippen LogP contribution in [-0.4, -0.2) is 30.3 Å². The van der Waals surface area contributed by atoms with Gasteiger partial charge in [-0.1, -0.05) is 37.7 Å². The van der Waals surface area contributed by atoms with Gasteiger partial charge in [-0.3, -0.25) is 4.98 Å². The first-order valence-electron chi connectivity index (χ1n) is 9.20. The molecular formula is C20H25FN4O2S2. The number of allylic oxidation sites excluding steroid dienone is 1. The molecule has 1 aliphatic rings. The van der Waals surface area contributed by atoms with E-state index in [1.807, 2.05) is 43.0 Å². The number of hydrogen-bond acceptors (Lipinski definition) is 6. The van der Waals surface area contributed by atoms with E-state index in [4.69, 9.17) is 0 Å². The molecule has 6 nitrogen and oxygen atoms in total. The van der Waals surface area contributed by atoms with Crippen LogP contribution in [0.15, 0.2) is 64.3 Å². The Labute approximate surface area is 175 Å². The van der Waals surface area contributed by atoms with Crippen LogP contribution in [-0.2, 0) is 16.6 Å². The summed E-state index contributed by atoms with van der Waals surface area (Å²) in [5.41, 5.74) is 1.67. The Bertz CT molecular complexity index is 1010.